The lowest BCUT2D eigenvalue weighted by molar-refractivity contribution is -0.310. The molecule has 1 aliphatic carbocycles. The van der Waals surface area contributed by atoms with E-state index in [-0.39, 0.29) is 17.5 Å². The molecule has 2 saturated heterocycles. The van der Waals surface area contributed by atoms with Crippen LogP contribution in [0.1, 0.15) is 41.0 Å². The molecule has 0 radical (unpaired) electrons. The SMILES string of the molecule is CC(=O)OCC1O[C@H](O[C@@H]2C(N=[N+]=[N-])C[C@@H](N=[N+]=[N-])[C@@H](OC(C)=O)C2O[C@@H]2O[C@H](CN=[N+]=[N-])C(OC(=O)c3ccccc3)[C@@H]2OC(=O)c2ccccc2)C(N=[N+]=[N-])[C@@H](O)[C@@H]1O. The zero-order valence-electron chi connectivity index (χ0n) is 32.1. The van der Waals surface area contributed by atoms with Gasteiger partial charge in [0.2, 0.25) is 0 Å². The quantitative estimate of drug-likeness (QED) is 0.0801. The molecule has 3 fully saturated rings. The van der Waals surface area contributed by atoms with Crippen LogP contribution >= 0.6 is 0 Å². The van der Waals surface area contributed by atoms with E-state index in [1.165, 1.54) is 24.3 Å². The van der Waals surface area contributed by atoms with E-state index >= 15 is 0 Å². The number of hydrogen-bond acceptors (Lipinski definition) is 18. The van der Waals surface area contributed by atoms with Gasteiger partial charge < -0.3 is 48.1 Å². The summed E-state index contributed by atoms with van der Waals surface area (Å²) in [5.74, 6) is -3.58. The molecule has 26 heteroatoms. The molecule has 5 unspecified atom stereocenters. The van der Waals surface area contributed by atoms with Crippen LogP contribution in [-0.4, -0.2) is 133 Å². The van der Waals surface area contributed by atoms with E-state index in [1.807, 2.05) is 0 Å². The molecule has 2 N–H and O–H groups in total. The van der Waals surface area contributed by atoms with E-state index in [0.717, 1.165) is 13.8 Å². The van der Waals surface area contributed by atoms with Crippen LogP contribution in [0.25, 0.3) is 41.8 Å². The number of carbonyl (C=O) groups is 4. The van der Waals surface area contributed by atoms with Crippen LogP contribution in [0.4, 0.5) is 0 Å². The van der Waals surface area contributed by atoms with Crippen molar-refractivity contribution < 1.29 is 67.3 Å². The van der Waals surface area contributed by atoms with E-state index in [1.54, 1.807) is 36.4 Å². The maximum absolute atomic E-state index is 13.7. The van der Waals surface area contributed by atoms with Crippen molar-refractivity contribution in [1.29, 1.82) is 0 Å². The molecule has 0 bridgehead atoms. The first-order chi connectivity index (χ1) is 29.4. The Bertz CT molecular complexity index is 2080. The lowest BCUT2D eigenvalue weighted by Gasteiger charge is -2.47. The first-order valence-corrected chi connectivity index (χ1v) is 18.3. The smallest absolute Gasteiger partial charge is 0.338 e. The van der Waals surface area contributed by atoms with Crippen molar-refractivity contribution in [3.8, 4) is 0 Å². The third-order valence-electron chi connectivity index (χ3n) is 9.58. The molecule has 0 spiro atoms. The van der Waals surface area contributed by atoms with Crippen LogP contribution in [0, 0.1) is 0 Å². The van der Waals surface area contributed by atoms with Crippen LogP contribution in [0.5, 0.6) is 0 Å². The van der Waals surface area contributed by atoms with Gasteiger partial charge in [-0.1, -0.05) is 56.9 Å². The highest BCUT2D eigenvalue weighted by Gasteiger charge is 2.57. The minimum Gasteiger partial charge on any atom is -0.463 e. The number of benzene rings is 2. The number of esters is 4. The maximum Gasteiger partial charge on any atom is 0.338 e. The maximum atomic E-state index is 13.7. The second kappa shape index (κ2) is 21.5. The van der Waals surface area contributed by atoms with Crippen LogP contribution in [0.15, 0.2) is 81.1 Å². The van der Waals surface area contributed by atoms with Crippen LogP contribution in [0.2, 0.25) is 0 Å². The van der Waals surface area contributed by atoms with Gasteiger partial charge in [0.05, 0.1) is 42.0 Å². The van der Waals surface area contributed by atoms with E-state index in [9.17, 15) is 51.5 Å². The Morgan fingerprint density at radius 2 is 1.18 bits per heavy atom. The largest absolute Gasteiger partial charge is 0.463 e. The molecule has 3 aliphatic rings. The van der Waals surface area contributed by atoms with Crippen molar-refractivity contribution in [2.24, 2.45) is 20.5 Å². The third kappa shape index (κ3) is 11.3. The molecule has 0 aromatic heterocycles. The second-order valence-electron chi connectivity index (χ2n) is 13.5. The lowest BCUT2D eigenvalue weighted by Crippen LogP contribution is -2.64. The van der Waals surface area contributed by atoms with Crippen LogP contribution in [-0.2, 0) is 47.5 Å². The molecular weight excluding hydrogens is 812 g/mol. The van der Waals surface area contributed by atoms with Crippen molar-refractivity contribution in [3.63, 3.8) is 0 Å². The number of nitrogens with zero attached hydrogens (tertiary/aromatic N) is 12. The van der Waals surface area contributed by atoms with E-state index in [0.29, 0.717) is 0 Å². The van der Waals surface area contributed by atoms with Gasteiger partial charge in [-0.15, -0.1) is 0 Å². The Labute approximate surface area is 344 Å². The Morgan fingerprint density at radius 3 is 1.72 bits per heavy atom. The molecule has 322 valence electrons. The molecule has 2 aromatic carbocycles. The van der Waals surface area contributed by atoms with Gasteiger partial charge in [0.25, 0.3) is 0 Å². The molecule has 2 heterocycles. The molecule has 61 heavy (non-hydrogen) atoms. The summed E-state index contributed by atoms with van der Waals surface area (Å²) in [4.78, 5) is 62.6. The summed E-state index contributed by atoms with van der Waals surface area (Å²) in [6.07, 6.45) is -19.1. The zero-order chi connectivity index (χ0) is 44.1. The van der Waals surface area contributed by atoms with Crippen LogP contribution < -0.4 is 0 Å². The third-order valence-corrected chi connectivity index (χ3v) is 9.58. The zero-order valence-corrected chi connectivity index (χ0v) is 32.1. The van der Waals surface area contributed by atoms with E-state index in [2.05, 4.69) is 40.1 Å². The first-order valence-electron chi connectivity index (χ1n) is 18.3. The highest BCUT2D eigenvalue weighted by atomic mass is 16.8. The number of azide groups is 4. The highest BCUT2D eigenvalue weighted by molar-refractivity contribution is 5.90. The van der Waals surface area contributed by atoms with Gasteiger partial charge in [-0.25, -0.2) is 9.59 Å². The number of hydrogen-bond donors (Lipinski definition) is 2. The number of ether oxygens (including phenoxy) is 8. The monoisotopic (exact) mass is 850 g/mol. The van der Waals surface area contributed by atoms with Gasteiger partial charge in [0.15, 0.2) is 24.8 Å². The molecule has 2 aliphatic heterocycles. The summed E-state index contributed by atoms with van der Waals surface area (Å²) >= 11 is 0. The van der Waals surface area contributed by atoms with Crippen molar-refractivity contribution in [2.75, 3.05) is 13.2 Å². The topological polar surface area (TPSA) is 378 Å². The number of aliphatic hydroxyl groups excluding tert-OH is 2. The Hall–Kier alpha value is -6.68. The summed E-state index contributed by atoms with van der Waals surface area (Å²) < 4.78 is 47.1. The first kappa shape index (κ1) is 45.4. The average Bonchev–Trinajstić information content (AvgIpc) is 3.55. The van der Waals surface area contributed by atoms with Crippen molar-refractivity contribution in [1.82, 2.24) is 0 Å². The minimum atomic E-state index is -1.90. The van der Waals surface area contributed by atoms with Gasteiger partial charge >= 0.3 is 23.9 Å². The number of rotatable bonds is 16. The standard InChI is InChI=1S/C35H38N12O14/c1-16(48)54-15-23-25(50)26(51)24(43-47-39)34(57-23)60-28-21(42-46-38)13-20(41-45-37)27(55-17(2)49)30(28)61-35-31(59-33(53)19-11-7-4-8-12-19)29(22(56-35)14-40-44-36)58-32(52)18-9-5-3-6-10-18/h3-12,20-31,34-35,50-51H,13-15H2,1-2H3/t20-,21?,22-,23?,24?,25-,26-,27-,28-,29?,30?,31+,34-,35+/m1/s1. The Kier molecular flexibility index (Phi) is 16.0. The number of aliphatic hydroxyl groups is 2. The lowest BCUT2D eigenvalue weighted by atomic mass is 9.83. The van der Waals surface area contributed by atoms with E-state index in [4.69, 9.17) is 37.9 Å². The second-order valence-corrected chi connectivity index (χ2v) is 13.5. The summed E-state index contributed by atoms with van der Waals surface area (Å²) in [7, 11) is 0. The van der Waals surface area contributed by atoms with Gasteiger partial charge in [0, 0.05) is 33.5 Å². The van der Waals surface area contributed by atoms with E-state index < -0.39 is 123 Å². The van der Waals surface area contributed by atoms with Crippen molar-refractivity contribution >= 4 is 23.9 Å². The average molecular weight is 851 g/mol. The summed E-state index contributed by atoms with van der Waals surface area (Å²) in [6, 6.07) is 10.7. The van der Waals surface area contributed by atoms with Gasteiger partial charge in [-0.3, -0.25) is 9.59 Å². The Balaban J connectivity index is 1.62. The summed E-state index contributed by atoms with van der Waals surface area (Å²) in [5, 5.41) is 36.5. The highest BCUT2D eigenvalue weighted by Crippen LogP contribution is 2.39. The van der Waals surface area contributed by atoms with Gasteiger partial charge in [0.1, 0.15) is 43.2 Å². The molecule has 2 aromatic rings. The molecule has 0 amide bonds. The normalized spacial score (nSPS) is 31.6. The van der Waals surface area contributed by atoms with Crippen molar-refractivity contribution in [2.45, 2.75) is 106 Å². The number of carbonyl (C=O) groups excluding carboxylic acids is 4. The molecular formula is C35H38N12O14. The van der Waals surface area contributed by atoms with Crippen LogP contribution in [0.3, 0.4) is 0 Å². The van der Waals surface area contributed by atoms with Crippen molar-refractivity contribution in [3.05, 3.63) is 114 Å². The molecule has 5 rings (SSSR count). The fourth-order valence-electron chi connectivity index (χ4n) is 6.88. The fourth-order valence-corrected chi connectivity index (χ4v) is 6.88. The predicted octanol–water partition coefficient (Wildman–Crippen LogP) is 3.63. The minimum absolute atomic E-state index is 0.0407. The molecule has 1 saturated carbocycles. The van der Waals surface area contributed by atoms with Gasteiger partial charge in [-0.05, 0) is 52.8 Å². The summed E-state index contributed by atoms with van der Waals surface area (Å²) in [5.41, 5.74) is 38.0. The summed E-state index contributed by atoms with van der Waals surface area (Å²) in [6.45, 7) is 0.961. The Morgan fingerprint density at radius 1 is 0.639 bits per heavy atom. The predicted molar refractivity (Wildman–Crippen MR) is 200 cm³/mol. The molecule has 26 nitrogen and oxygen atoms in total. The fraction of sp³-hybridized carbons (Fsp3) is 0.543. The van der Waals surface area contributed by atoms with Gasteiger partial charge in [-0.2, -0.15) is 0 Å². The molecule has 14 atom stereocenters.